The fourth-order valence-electron chi connectivity index (χ4n) is 3.16. The van der Waals surface area contributed by atoms with Crippen molar-refractivity contribution in [2.45, 2.75) is 39.0 Å². The van der Waals surface area contributed by atoms with Crippen LogP contribution in [0.4, 0.5) is 0 Å². The summed E-state index contributed by atoms with van der Waals surface area (Å²) in [6.45, 7) is 7.50. The minimum Gasteiger partial charge on any atom is -0.370 e. The van der Waals surface area contributed by atoms with Crippen molar-refractivity contribution in [1.29, 1.82) is 0 Å². The van der Waals surface area contributed by atoms with Crippen LogP contribution in [-0.2, 0) is 24.3 Å². The molecule has 4 rings (SSSR count). The molecule has 1 aliphatic heterocycles. The predicted molar refractivity (Wildman–Crippen MR) is 99.0 cm³/mol. The number of thiophene rings is 1. The third-order valence-corrected chi connectivity index (χ3v) is 5.58. The van der Waals surface area contributed by atoms with E-state index in [-0.39, 0.29) is 5.60 Å². The summed E-state index contributed by atoms with van der Waals surface area (Å²) in [4.78, 5) is 13.8. The van der Waals surface area contributed by atoms with Gasteiger partial charge in [-0.05, 0) is 33.5 Å². The number of likely N-dealkylation sites (N-methyl/N-ethyl adjacent to an activating group) is 1. The normalized spacial score (nSPS) is 16.8. The Balaban J connectivity index is 1.68. The number of hydrogen-bond acceptors (Lipinski definition) is 7. The van der Waals surface area contributed by atoms with Crippen LogP contribution in [0, 0.1) is 0 Å². The number of aromatic nitrogens is 4. The molecule has 0 aromatic carbocycles. The van der Waals surface area contributed by atoms with E-state index in [9.17, 15) is 0 Å². The lowest BCUT2D eigenvalue weighted by Crippen LogP contribution is -2.31. The molecule has 25 heavy (non-hydrogen) atoms. The largest absolute Gasteiger partial charge is 0.370 e. The average molecular weight is 360 g/mol. The smallest absolute Gasteiger partial charge is 0.168 e. The Morgan fingerprint density at radius 2 is 2.24 bits per heavy atom. The number of hydrogen-bond donors (Lipinski definition) is 1. The summed E-state index contributed by atoms with van der Waals surface area (Å²) in [6, 6.07) is 0. The van der Waals surface area contributed by atoms with E-state index in [1.54, 1.807) is 22.2 Å². The van der Waals surface area contributed by atoms with Gasteiger partial charge in [-0.2, -0.15) is 0 Å². The van der Waals surface area contributed by atoms with Gasteiger partial charge in [-0.3, -0.25) is 0 Å². The minimum atomic E-state index is -0.148. The van der Waals surface area contributed by atoms with Gasteiger partial charge in [0.2, 0.25) is 0 Å². The Kier molecular flexibility index (Phi) is 4.23. The van der Waals surface area contributed by atoms with Gasteiger partial charge in [0.1, 0.15) is 11.2 Å². The van der Waals surface area contributed by atoms with Crippen LogP contribution in [0.1, 0.15) is 30.1 Å². The third kappa shape index (κ3) is 3.27. The first-order valence-corrected chi connectivity index (χ1v) is 9.38. The van der Waals surface area contributed by atoms with Crippen LogP contribution in [0.15, 0.2) is 6.33 Å². The molecule has 1 N–H and O–H groups in total. The van der Waals surface area contributed by atoms with E-state index < -0.39 is 0 Å². The number of ether oxygens (including phenoxy) is 1. The van der Waals surface area contributed by atoms with Crippen molar-refractivity contribution in [1.82, 2.24) is 29.8 Å². The third-order valence-electron chi connectivity index (χ3n) is 4.47. The maximum atomic E-state index is 5.95. The first kappa shape index (κ1) is 16.8. The van der Waals surface area contributed by atoms with E-state index in [4.69, 9.17) is 9.72 Å². The topological polar surface area (TPSA) is 67.6 Å². The fraction of sp³-hybridized carbons (Fsp3) is 0.588. The molecule has 0 unspecified atom stereocenters. The van der Waals surface area contributed by atoms with Crippen LogP contribution < -0.4 is 5.32 Å². The molecule has 3 aromatic heterocycles. The van der Waals surface area contributed by atoms with Gasteiger partial charge in [-0.25, -0.2) is 14.5 Å². The fourth-order valence-corrected chi connectivity index (χ4v) is 4.23. The van der Waals surface area contributed by atoms with Crippen LogP contribution in [-0.4, -0.2) is 57.3 Å². The predicted octanol–water partition coefficient (Wildman–Crippen LogP) is 1.84. The van der Waals surface area contributed by atoms with Gasteiger partial charge in [0.25, 0.3) is 0 Å². The first-order chi connectivity index (χ1) is 11.9. The van der Waals surface area contributed by atoms with Gasteiger partial charge in [0.15, 0.2) is 11.5 Å². The van der Waals surface area contributed by atoms with E-state index in [2.05, 4.69) is 48.2 Å². The summed E-state index contributed by atoms with van der Waals surface area (Å²) in [7, 11) is 4.14. The first-order valence-electron chi connectivity index (χ1n) is 8.57. The second-order valence-corrected chi connectivity index (χ2v) is 8.51. The van der Waals surface area contributed by atoms with E-state index in [1.165, 1.54) is 10.4 Å². The zero-order valence-corrected chi connectivity index (χ0v) is 16.0. The molecule has 1 aliphatic rings. The Bertz CT molecular complexity index is 913. The van der Waals surface area contributed by atoms with Crippen LogP contribution in [0.5, 0.6) is 0 Å². The molecule has 7 nitrogen and oxygen atoms in total. The Labute approximate surface area is 151 Å². The monoisotopic (exact) mass is 360 g/mol. The van der Waals surface area contributed by atoms with E-state index in [0.717, 1.165) is 41.2 Å². The lowest BCUT2D eigenvalue weighted by Gasteiger charge is -2.30. The van der Waals surface area contributed by atoms with Crippen molar-refractivity contribution in [2.75, 3.05) is 27.2 Å². The van der Waals surface area contributed by atoms with Crippen LogP contribution in [0.3, 0.4) is 0 Å². The zero-order chi connectivity index (χ0) is 17.6. The van der Waals surface area contributed by atoms with Crippen molar-refractivity contribution in [3.63, 3.8) is 0 Å². The molecule has 0 radical (unpaired) electrons. The Hall–Kier alpha value is -1.61. The molecular weight excluding hydrogens is 336 g/mol. The van der Waals surface area contributed by atoms with Gasteiger partial charge in [-0.15, -0.1) is 16.4 Å². The van der Waals surface area contributed by atoms with Gasteiger partial charge in [0, 0.05) is 24.4 Å². The maximum Gasteiger partial charge on any atom is 0.168 e. The standard InChI is InChI=1S/C17H24N6OS/c1-17(2)7-11-12(9-24-17)25-16-14(11)15-20-13(21-23(15)10-19-16)8-18-5-6-22(3)4/h10,18H,5-9H2,1-4H3. The number of nitrogens with one attached hydrogen (secondary N) is 1. The van der Waals surface area contributed by atoms with Gasteiger partial charge in [-0.1, -0.05) is 0 Å². The van der Waals surface area contributed by atoms with Crippen molar-refractivity contribution < 1.29 is 4.74 Å². The van der Waals surface area contributed by atoms with E-state index in [0.29, 0.717) is 13.2 Å². The average Bonchev–Trinajstić information content (AvgIpc) is 3.10. The summed E-state index contributed by atoms with van der Waals surface area (Å²) in [5.74, 6) is 0.805. The van der Waals surface area contributed by atoms with Crippen molar-refractivity contribution in [3.05, 3.63) is 22.6 Å². The van der Waals surface area contributed by atoms with Gasteiger partial charge in [0.05, 0.1) is 24.1 Å². The van der Waals surface area contributed by atoms with Crippen molar-refractivity contribution >= 4 is 27.2 Å². The summed E-state index contributed by atoms with van der Waals surface area (Å²) >= 11 is 1.71. The molecule has 0 atom stereocenters. The lowest BCUT2D eigenvalue weighted by atomic mass is 9.94. The molecular formula is C17H24N6OS. The van der Waals surface area contributed by atoms with Crippen molar-refractivity contribution in [3.8, 4) is 0 Å². The lowest BCUT2D eigenvalue weighted by molar-refractivity contribution is -0.0379. The summed E-state index contributed by atoms with van der Waals surface area (Å²) < 4.78 is 7.76. The van der Waals surface area contributed by atoms with Crippen molar-refractivity contribution in [2.24, 2.45) is 0 Å². The van der Waals surface area contributed by atoms with Crippen LogP contribution in [0.25, 0.3) is 15.9 Å². The molecule has 0 aliphatic carbocycles. The maximum absolute atomic E-state index is 5.95. The number of nitrogens with zero attached hydrogens (tertiary/aromatic N) is 5. The van der Waals surface area contributed by atoms with Crippen LogP contribution >= 0.6 is 11.3 Å². The molecule has 0 spiro atoms. The second kappa shape index (κ2) is 6.28. The molecule has 4 heterocycles. The summed E-state index contributed by atoms with van der Waals surface area (Å²) in [6.07, 6.45) is 2.65. The number of rotatable bonds is 5. The molecule has 0 saturated carbocycles. The minimum absolute atomic E-state index is 0.148. The highest BCUT2D eigenvalue weighted by atomic mass is 32.1. The number of fused-ring (bicyclic) bond motifs is 5. The van der Waals surface area contributed by atoms with Crippen LogP contribution in [0.2, 0.25) is 0 Å². The molecule has 0 saturated heterocycles. The zero-order valence-electron chi connectivity index (χ0n) is 15.2. The quantitative estimate of drug-likeness (QED) is 0.701. The molecule has 134 valence electrons. The summed E-state index contributed by atoms with van der Waals surface area (Å²) in [5, 5.41) is 9.12. The highest BCUT2D eigenvalue weighted by molar-refractivity contribution is 7.19. The highest BCUT2D eigenvalue weighted by Crippen LogP contribution is 2.39. The SMILES string of the molecule is CN(C)CCNCc1nc2c3c4c(sc3ncn2n1)COC(C)(C)C4. The second-order valence-electron chi connectivity index (χ2n) is 7.43. The molecule has 3 aromatic rings. The highest BCUT2D eigenvalue weighted by Gasteiger charge is 2.30. The molecule has 0 fully saturated rings. The summed E-state index contributed by atoms with van der Waals surface area (Å²) in [5.41, 5.74) is 2.09. The molecule has 0 amide bonds. The van der Waals surface area contributed by atoms with Gasteiger partial charge < -0.3 is 15.0 Å². The van der Waals surface area contributed by atoms with Gasteiger partial charge >= 0.3 is 0 Å². The molecule has 8 heteroatoms. The van der Waals surface area contributed by atoms with E-state index >= 15 is 0 Å². The Morgan fingerprint density at radius 1 is 1.40 bits per heavy atom. The van der Waals surface area contributed by atoms with E-state index in [1.807, 2.05) is 0 Å². The Morgan fingerprint density at radius 3 is 3.04 bits per heavy atom. The molecule has 0 bridgehead atoms.